The van der Waals surface area contributed by atoms with Crippen molar-refractivity contribution in [3.05, 3.63) is 23.9 Å². The monoisotopic (exact) mass is 443 g/mol. The number of ether oxygens (including phenoxy) is 2. The Kier molecular flexibility index (Phi) is 13.8. The van der Waals surface area contributed by atoms with E-state index < -0.39 is 0 Å². The highest BCUT2D eigenvalue weighted by Crippen LogP contribution is 2.40. The van der Waals surface area contributed by atoms with E-state index in [2.05, 4.69) is 36.0 Å². The van der Waals surface area contributed by atoms with Gasteiger partial charge in [0.25, 0.3) is 0 Å². The third-order valence-electron chi connectivity index (χ3n) is 5.18. The number of fused-ring (bicyclic) bond motifs is 1. The Hall–Kier alpha value is -1.43. The number of aryl methyl sites for hydroxylation is 1. The lowest BCUT2D eigenvalue weighted by molar-refractivity contribution is -0.001000. The fourth-order valence-corrected chi connectivity index (χ4v) is 3.50. The molecular weight excluding hydrogens is 409 g/mol. The molecule has 2 aromatic rings. The normalized spacial score (nSPS) is 10.4. The number of halogens is 2. The zero-order chi connectivity index (χ0) is 19.6. The van der Waals surface area contributed by atoms with Gasteiger partial charge in [-0.15, -0.1) is 0 Å². The molecule has 166 valence electrons. The van der Waals surface area contributed by atoms with Crippen LogP contribution in [0.1, 0.15) is 45.1 Å². The highest BCUT2D eigenvalue weighted by molar-refractivity contribution is 5.99. The average molecular weight is 444 g/mol. The number of hydrogen-bond acceptors (Lipinski definition) is 5. The maximum Gasteiger partial charge on any atom is 0.170 e. The van der Waals surface area contributed by atoms with Crippen LogP contribution in [0.5, 0.6) is 11.5 Å². The molecule has 0 amide bonds. The van der Waals surface area contributed by atoms with Gasteiger partial charge in [-0.05, 0) is 51.0 Å². The second-order valence-corrected chi connectivity index (χ2v) is 6.88. The molecule has 1 N–H and O–H groups in total. The van der Waals surface area contributed by atoms with E-state index in [1.165, 1.54) is 25.8 Å². The Morgan fingerprint density at radius 3 is 2.31 bits per heavy atom. The molecule has 1 aromatic carbocycles. The molecule has 0 unspecified atom stereocenters. The van der Waals surface area contributed by atoms with Crippen molar-refractivity contribution in [3.8, 4) is 11.5 Å². The van der Waals surface area contributed by atoms with Crippen molar-refractivity contribution in [2.24, 2.45) is 0 Å². The lowest BCUT2D eigenvalue weighted by Crippen LogP contribution is -3.00. The van der Waals surface area contributed by atoms with E-state index in [1.807, 2.05) is 18.3 Å². The Morgan fingerprint density at radius 2 is 1.69 bits per heavy atom. The third-order valence-corrected chi connectivity index (χ3v) is 5.18. The fraction of sp³-hybridized carbons (Fsp3) is 0.591. The van der Waals surface area contributed by atoms with Crippen molar-refractivity contribution >= 4 is 16.6 Å². The molecule has 7 heteroatoms. The van der Waals surface area contributed by atoms with Crippen molar-refractivity contribution in [2.45, 2.75) is 46.5 Å². The van der Waals surface area contributed by atoms with Crippen molar-refractivity contribution in [3.63, 3.8) is 0 Å². The van der Waals surface area contributed by atoms with Crippen molar-refractivity contribution in [1.82, 2.24) is 9.88 Å². The van der Waals surface area contributed by atoms with Gasteiger partial charge in [0.1, 0.15) is 0 Å². The van der Waals surface area contributed by atoms with Crippen LogP contribution in [0, 0.1) is 6.92 Å². The second-order valence-electron chi connectivity index (χ2n) is 6.88. The first-order chi connectivity index (χ1) is 13.2. The number of benzene rings is 1. The zero-order valence-corrected chi connectivity index (χ0v) is 19.9. The summed E-state index contributed by atoms with van der Waals surface area (Å²) in [6.45, 7) is 11.0. The maximum atomic E-state index is 5.60. The van der Waals surface area contributed by atoms with Gasteiger partial charge in [0.15, 0.2) is 11.5 Å². The van der Waals surface area contributed by atoms with Crippen LogP contribution >= 0.6 is 0 Å². The number of hydrogen-bond donors (Lipinski definition) is 1. The predicted molar refractivity (Wildman–Crippen MR) is 114 cm³/mol. The van der Waals surface area contributed by atoms with Crippen LogP contribution in [0.3, 0.4) is 0 Å². The van der Waals surface area contributed by atoms with E-state index in [-0.39, 0.29) is 24.8 Å². The zero-order valence-electron chi connectivity index (χ0n) is 18.4. The van der Waals surface area contributed by atoms with E-state index in [0.717, 1.165) is 59.7 Å². The van der Waals surface area contributed by atoms with Gasteiger partial charge in [-0.1, -0.05) is 26.7 Å². The molecule has 5 nitrogen and oxygen atoms in total. The molecule has 29 heavy (non-hydrogen) atoms. The number of anilines is 1. The summed E-state index contributed by atoms with van der Waals surface area (Å²) in [4.78, 5) is 7.08. The van der Waals surface area contributed by atoms with E-state index >= 15 is 0 Å². The minimum absolute atomic E-state index is 0. The van der Waals surface area contributed by atoms with Crippen molar-refractivity contribution in [2.75, 3.05) is 45.7 Å². The summed E-state index contributed by atoms with van der Waals surface area (Å²) < 4.78 is 11.1. The molecule has 0 spiro atoms. The Morgan fingerprint density at radius 1 is 1.00 bits per heavy atom. The molecule has 1 heterocycles. The lowest BCUT2D eigenvalue weighted by Gasteiger charge is -2.18. The standard InChI is InChI=1S/C22H35N3O2.2ClH/c1-6-25(7-2)15-11-9-8-10-13-23-18-16-19(26-4)22(27-5)20-17(3)12-14-24-21(18)20;;/h12,14,16,23H,6-11,13,15H2,1-5H3;2*1H/p-2. The summed E-state index contributed by atoms with van der Waals surface area (Å²) in [5.74, 6) is 1.49. The van der Waals surface area contributed by atoms with Gasteiger partial charge in [-0.3, -0.25) is 4.98 Å². The summed E-state index contributed by atoms with van der Waals surface area (Å²) >= 11 is 0. The van der Waals surface area contributed by atoms with Gasteiger partial charge in [0.05, 0.1) is 30.8 Å². The number of rotatable bonds is 12. The molecule has 0 aliphatic heterocycles. The summed E-state index contributed by atoms with van der Waals surface area (Å²) in [5.41, 5.74) is 3.08. The van der Waals surface area contributed by atoms with Gasteiger partial charge >= 0.3 is 0 Å². The Balaban J connectivity index is 0.00000392. The van der Waals surface area contributed by atoms with Crippen molar-refractivity contribution in [1.29, 1.82) is 0 Å². The number of nitrogens with zero attached hydrogens (tertiary/aromatic N) is 2. The number of methoxy groups -OCH3 is 2. The summed E-state index contributed by atoms with van der Waals surface area (Å²) in [7, 11) is 3.35. The average Bonchev–Trinajstić information content (AvgIpc) is 2.69. The van der Waals surface area contributed by atoms with E-state index in [4.69, 9.17) is 9.47 Å². The van der Waals surface area contributed by atoms with Crippen LogP contribution in [-0.4, -0.2) is 50.3 Å². The number of nitrogens with one attached hydrogen (secondary N) is 1. The van der Waals surface area contributed by atoms with Crippen molar-refractivity contribution < 1.29 is 34.3 Å². The molecule has 2 rings (SSSR count). The van der Waals surface area contributed by atoms with Gasteiger partial charge in [-0.25, -0.2) is 0 Å². The molecule has 0 radical (unpaired) electrons. The van der Waals surface area contributed by atoms with E-state index in [9.17, 15) is 0 Å². The first-order valence-electron chi connectivity index (χ1n) is 10.1. The summed E-state index contributed by atoms with van der Waals surface area (Å²) in [6, 6.07) is 4.00. The molecule has 0 atom stereocenters. The van der Waals surface area contributed by atoms with Crippen LogP contribution in [0.15, 0.2) is 18.3 Å². The molecule has 0 bridgehead atoms. The van der Waals surface area contributed by atoms with Crippen LogP contribution < -0.4 is 39.6 Å². The quantitative estimate of drug-likeness (QED) is 0.421. The summed E-state index contributed by atoms with van der Waals surface area (Å²) in [6.07, 6.45) is 6.80. The van der Waals surface area contributed by atoms with E-state index in [1.54, 1.807) is 14.2 Å². The van der Waals surface area contributed by atoms with Gasteiger partial charge in [0, 0.05) is 18.8 Å². The first-order valence-corrected chi connectivity index (χ1v) is 10.1. The fourth-order valence-electron chi connectivity index (χ4n) is 3.50. The molecule has 0 aliphatic rings. The SMILES string of the molecule is CCN(CC)CCCCCCNc1cc(OC)c(OC)c2c(C)ccnc12.[Cl-].[Cl-]. The van der Waals surface area contributed by atoms with Gasteiger partial charge < -0.3 is 44.5 Å². The topological polar surface area (TPSA) is 46.6 Å². The maximum absolute atomic E-state index is 5.60. The van der Waals surface area contributed by atoms with Crippen LogP contribution in [-0.2, 0) is 0 Å². The molecular formula is C22H35Cl2N3O2-2. The van der Waals surface area contributed by atoms with Crippen LogP contribution in [0.2, 0.25) is 0 Å². The molecule has 1 aromatic heterocycles. The van der Waals surface area contributed by atoms with Gasteiger partial charge in [-0.2, -0.15) is 0 Å². The number of pyridine rings is 1. The smallest absolute Gasteiger partial charge is 0.170 e. The first kappa shape index (κ1) is 27.6. The summed E-state index contributed by atoms with van der Waals surface area (Å²) in [5, 5.41) is 4.57. The van der Waals surface area contributed by atoms with Crippen LogP contribution in [0.4, 0.5) is 5.69 Å². The molecule has 0 saturated carbocycles. The molecule has 0 saturated heterocycles. The highest BCUT2D eigenvalue weighted by atomic mass is 35.5. The van der Waals surface area contributed by atoms with Gasteiger partial charge in [0.2, 0.25) is 0 Å². The Bertz CT molecular complexity index is 725. The Labute approximate surface area is 188 Å². The number of unbranched alkanes of at least 4 members (excludes halogenated alkanes) is 3. The lowest BCUT2D eigenvalue weighted by atomic mass is 10.1. The largest absolute Gasteiger partial charge is 1.00 e. The highest BCUT2D eigenvalue weighted by Gasteiger charge is 2.16. The molecule has 0 aliphatic carbocycles. The minimum Gasteiger partial charge on any atom is -1.00 e. The minimum atomic E-state index is 0. The van der Waals surface area contributed by atoms with Crippen LogP contribution in [0.25, 0.3) is 10.9 Å². The van der Waals surface area contributed by atoms with E-state index in [0.29, 0.717) is 0 Å². The second kappa shape index (κ2) is 14.5. The third kappa shape index (κ3) is 7.40. The number of aromatic nitrogens is 1. The molecule has 0 fully saturated rings. The predicted octanol–water partition coefficient (Wildman–Crippen LogP) is -1.12.